The molecule has 1 aromatic heterocycles. The van der Waals surface area contributed by atoms with Gasteiger partial charge in [0.05, 0.1) is 0 Å². The summed E-state index contributed by atoms with van der Waals surface area (Å²) in [6.07, 6.45) is 2.70. The maximum Gasteiger partial charge on any atom is 0.170 e. The number of rotatable bonds is 6. The number of hydrogen-bond donors (Lipinski definition) is 2. The van der Waals surface area contributed by atoms with Crippen molar-refractivity contribution in [1.29, 1.82) is 0 Å². The minimum Gasteiger partial charge on any atom is -0.409 e. The molecule has 0 atom stereocenters. The fourth-order valence-electron chi connectivity index (χ4n) is 2.18. The molecule has 21 heavy (non-hydrogen) atoms. The Morgan fingerprint density at radius 2 is 2.00 bits per heavy atom. The lowest BCUT2D eigenvalue weighted by Gasteiger charge is -2.18. The van der Waals surface area contributed by atoms with Gasteiger partial charge in [-0.3, -0.25) is 4.98 Å². The number of aromatic nitrogens is 1. The van der Waals surface area contributed by atoms with E-state index in [1.807, 2.05) is 55.7 Å². The molecule has 0 unspecified atom stereocenters. The fourth-order valence-corrected chi connectivity index (χ4v) is 2.18. The van der Waals surface area contributed by atoms with E-state index in [4.69, 9.17) is 10.9 Å². The Labute approximate surface area is 124 Å². The van der Waals surface area contributed by atoms with Crippen molar-refractivity contribution in [2.45, 2.75) is 13.0 Å². The average Bonchev–Trinajstić information content (AvgIpc) is 2.54. The zero-order valence-electron chi connectivity index (χ0n) is 12.1. The molecule has 0 radical (unpaired) electrons. The van der Waals surface area contributed by atoms with Gasteiger partial charge in [0, 0.05) is 37.0 Å². The van der Waals surface area contributed by atoms with Crippen LogP contribution in [0.2, 0.25) is 0 Å². The second-order valence-electron chi connectivity index (χ2n) is 4.95. The number of nitrogens with zero attached hydrogens (tertiary/aromatic N) is 3. The molecule has 1 heterocycles. The molecule has 0 aliphatic carbocycles. The molecule has 0 fully saturated rings. The average molecular weight is 284 g/mol. The van der Waals surface area contributed by atoms with Crippen LogP contribution in [0.3, 0.4) is 0 Å². The Morgan fingerprint density at radius 3 is 2.71 bits per heavy atom. The molecule has 5 heteroatoms. The van der Waals surface area contributed by atoms with Crippen molar-refractivity contribution in [3.05, 3.63) is 65.5 Å². The van der Waals surface area contributed by atoms with E-state index < -0.39 is 0 Å². The first kappa shape index (κ1) is 15.0. The van der Waals surface area contributed by atoms with Gasteiger partial charge in [0.15, 0.2) is 5.84 Å². The highest BCUT2D eigenvalue weighted by molar-refractivity contribution is 5.98. The summed E-state index contributed by atoms with van der Waals surface area (Å²) in [7, 11) is 2.05. The van der Waals surface area contributed by atoms with E-state index >= 15 is 0 Å². The molecule has 110 valence electrons. The molecule has 0 saturated heterocycles. The van der Waals surface area contributed by atoms with E-state index in [0.29, 0.717) is 0 Å². The monoisotopic (exact) mass is 284 g/mol. The van der Waals surface area contributed by atoms with Crippen LogP contribution in [0, 0.1) is 0 Å². The summed E-state index contributed by atoms with van der Waals surface area (Å²) in [5.74, 6) is 0.142. The van der Waals surface area contributed by atoms with Gasteiger partial charge in [0.1, 0.15) is 0 Å². The smallest absolute Gasteiger partial charge is 0.170 e. The van der Waals surface area contributed by atoms with Crippen molar-refractivity contribution >= 4 is 5.84 Å². The third kappa shape index (κ3) is 4.29. The molecular weight excluding hydrogens is 264 g/mol. The Morgan fingerprint density at radius 1 is 1.24 bits per heavy atom. The van der Waals surface area contributed by atoms with Crippen LogP contribution in [0.5, 0.6) is 0 Å². The van der Waals surface area contributed by atoms with Gasteiger partial charge in [0.25, 0.3) is 0 Å². The number of likely N-dealkylation sites (N-methyl/N-ethyl adjacent to an activating group) is 1. The summed E-state index contributed by atoms with van der Waals surface area (Å²) in [6.45, 7) is 1.63. The van der Waals surface area contributed by atoms with Crippen LogP contribution in [0.1, 0.15) is 16.8 Å². The minimum absolute atomic E-state index is 0.142. The quantitative estimate of drug-likeness (QED) is 0.367. The van der Waals surface area contributed by atoms with E-state index in [1.165, 1.54) is 0 Å². The summed E-state index contributed by atoms with van der Waals surface area (Å²) < 4.78 is 0. The first-order valence-electron chi connectivity index (χ1n) is 6.85. The van der Waals surface area contributed by atoms with Gasteiger partial charge in [-0.25, -0.2) is 0 Å². The van der Waals surface area contributed by atoms with Crippen LogP contribution in [-0.4, -0.2) is 34.5 Å². The second kappa shape index (κ2) is 7.40. The van der Waals surface area contributed by atoms with E-state index in [0.717, 1.165) is 36.3 Å². The number of nitrogens with two attached hydrogens (primary N) is 1. The molecule has 0 bridgehead atoms. The predicted octanol–water partition coefficient (Wildman–Crippen LogP) is 1.85. The molecule has 1 aromatic carbocycles. The van der Waals surface area contributed by atoms with Crippen molar-refractivity contribution in [2.24, 2.45) is 10.9 Å². The molecule has 2 rings (SSSR count). The summed E-state index contributed by atoms with van der Waals surface area (Å²) in [6, 6.07) is 13.6. The van der Waals surface area contributed by atoms with Crippen LogP contribution in [0.15, 0.2) is 53.8 Å². The Hall–Kier alpha value is -2.40. The molecule has 2 aromatic rings. The number of amidine groups is 1. The highest BCUT2D eigenvalue weighted by atomic mass is 16.4. The summed E-state index contributed by atoms with van der Waals surface area (Å²) in [4.78, 5) is 6.51. The molecule has 5 nitrogen and oxygen atoms in total. The topological polar surface area (TPSA) is 74.7 Å². The molecule has 3 N–H and O–H groups in total. The summed E-state index contributed by atoms with van der Waals surface area (Å²) in [5, 5.41) is 11.9. The first-order valence-corrected chi connectivity index (χ1v) is 6.85. The van der Waals surface area contributed by atoms with Crippen LogP contribution in [0.25, 0.3) is 0 Å². The third-order valence-electron chi connectivity index (χ3n) is 3.32. The molecule has 0 spiro atoms. The Bertz CT molecular complexity index is 598. The summed E-state index contributed by atoms with van der Waals surface area (Å²) in [5.41, 5.74) is 8.59. The maximum atomic E-state index is 8.84. The van der Waals surface area contributed by atoms with Crippen molar-refractivity contribution < 1.29 is 5.21 Å². The molecule has 0 saturated carbocycles. The lowest BCUT2D eigenvalue weighted by molar-refractivity contribution is 0.317. The van der Waals surface area contributed by atoms with Gasteiger partial charge in [0.2, 0.25) is 0 Å². The molecule has 0 amide bonds. The van der Waals surface area contributed by atoms with Crippen LogP contribution in [-0.2, 0) is 13.0 Å². The zero-order valence-corrected chi connectivity index (χ0v) is 12.1. The van der Waals surface area contributed by atoms with Gasteiger partial charge in [-0.05, 0) is 24.7 Å². The molecule has 0 aliphatic rings. The number of benzene rings is 1. The van der Waals surface area contributed by atoms with Gasteiger partial charge in [-0.2, -0.15) is 0 Å². The first-order chi connectivity index (χ1) is 10.2. The highest BCUT2D eigenvalue weighted by Crippen LogP contribution is 2.11. The number of pyridine rings is 1. The van der Waals surface area contributed by atoms with Gasteiger partial charge in [-0.1, -0.05) is 35.5 Å². The Balaban J connectivity index is 1.98. The van der Waals surface area contributed by atoms with Crippen LogP contribution < -0.4 is 5.73 Å². The van der Waals surface area contributed by atoms with Crippen molar-refractivity contribution in [3.63, 3.8) is 0 Å². The standard InChI is InChI=1S/C16H20N4O/c1-20(11-9-14-7-4-5-10-18-14)12-13-6-2-3-8-15(13)16(17)19-21/h2-8,10,21H,9,11-12H2,1H3,(H2,17,19). The highest BCUT2D eigenvalue weighted by Gasteiger charge is 2.09. The van der Waals surface area contributed by atoms with E-state index in [-0.39, 0.29) is 5.84 Å². The zero-order chi connectivity index (χ0) is 15.1. The van der Waals surface area contributed by atoms with Crippen molar-refractivity contribution in [3.8, 4) is 0 Å². The van der Waals surface area contributed by atoms with Gasteiger partial charge < -0.3 is 15.8 Å². The lowest BCUT2D eigenvalue weighted by atomic mass is 10.1. The molecule has 0 aliphatic heterocycles. The number of hydrogen-bond acceptors (Lipinski definition) is 4. The SMILES string of the molecule is CN(CCc1ccccn1)Cc1ccccc1/C(N)=N/O. The van der Waals surface area contributed by atoms with E-state index in [2.05, 4.69) is 15.0 Å². The normalized spacial score (nSPS) is 11.8. The minimum atomic E-state index is 0.142. The van der Waals surface area contributed by atoms with Crippen molar-refractivity contribution in [1.82, 2.24) is 9.88 Å². The molecular formula is C16H20N4O. The van der Waals surface area contributed by atoms with Crippen LogP contribution >= 0.6 is 0 Å². The third-order valence-corrected chi connectivity index (χ3v) is 3.32. The van der Waals surface area contributed by atoms with Crippen molar-refractivity contribution in [2.75, 3.05) is 13.6 Å². The maximum absolute atomic E-state index is 8.84. The number of oxime groups is 1. The summed E-state index contributed by atoms with van der Waals surface area (Å²) >= 11 is 0. The van der Waals surface area contributed by atoms with Gasteiger partial charge in [-0.15, -0.1) is 0 Å². The largest absolute Gasteiger partial charge is 0.409 e. The van der Waals surface area contributed by atoms with Gasteiger partial charge >= 0.3 is 0 Å². The van der Waals surface area contributed by atoms with E-state index in [9.17, 15) is 0 Å². The Kier molecular flexibility index (Phi) is 5.29. The fraction of sp³-hybridized carbons (Fsp3) is 0.250. The lowest BCUT2D eigenvalue weighted by Crippen LogP contribution is -2.24. The van der Waals surface area contributed by atoms with Crippen LogP contribution in [0.4, 0.5) is 0 Å². The second-order valence-corrected chi connectivity index (χ2v) is 4.95. The predicted molar refractivity (Wildman–Crippen MR) is 83.2 cm³/mol. The van der Waals surface area contributed by atoms with E-state index in [1.54, 1.807) is 0 Å².